The minimum atomic E-state index is -0.267. The first-order chi connectivity index (χ1) is 38.4. The second-order valence-corrected chi connectivity index (χ2v) is 25.7. The maximum absolute atomic E-state index is 2.53. The zero-order valence-electron chi connectivity index (χ0n) is 48.8. The molecule has 0 saturated carbocycles. The van der Waals surface area contributed by atoms with E-state index in [2.05, 4.69) is 305 Å². The van der Waals surface area contributed by atoms with Crippen molar-refractivity contribution in [3.63, 3.8) is 0 Å². The molecule has 3 aliphatic rings. The van der Waals surface area contributed by atoms with Crippen LogP contribution in [0.2, 0.25) is 0 Å². The van der Waals surface area contributed by atoms with Crippen LogP contribution in [0.4, 0.5) is 34.1 Å². The quantitative estimate of drug-likeness (QED) is 0.127. The number of nitrogens with zero attached hydrogens (tertiary/aromatic N) is 2. The van der Waals surface area contributed by atoms with Gasteiger partial charge in [-0.25, -0.2) is 0 Å². The molecule has 0 radical (unpaired) electrons. The fourth-order valence-electron chi connectivity index (χ4n) is 14.4. The molecule has 10 aromatic carbocycles. The predicted octanol–water partition coefficient (Wildman–Crippen LogP) is 21.9. The van der Waals surface area contributed by atoms with Gasteiger partial charge < -0.3 is 9.80 Å². The number of rotatable bonds is 11. The minimum absolute atomic E-state index is 0.0487. The molecule has 3 aliphatic carbocycles. The highest BCUT2D eigenvalue weighted by Gasteiger charge is 2.39. The Morgan fingerprint density at radius 1 is 0.275 bits per heavy atom. The maximum Gasteiger partial charge on any atom is 0.0465 e. The van der Waals surface area contributed by atoms with Crippen molar-refractivity contribution in [2.75, 3.05) is 9.80 Å². The summed E-state index contributed by atoms with van der Waals surface area (Å²) >= 11 is 0. The Kier molecular flexibility index (Phi) is 12.2. The monoisotopic (exact) mass is 1040 g/mol. The molecule has 2 nitrogen and oxygen atoms in total. The highest BCUT2D eigenvalue weighted by molar-refractivity contribution is 5.90. The van der Waals surface area contributed by atoms with Crippen molar-refractivity contribution >= 4 is 34.1 Å². The number of fused-ring (bicyclic) bond motifs is 9. The van der Waals surface area contributed by atoms with E-state index in [4.69, 9.17) is 0 Å². The molecule has 0 bridgehead atoms. The standard InChI is InChI=1S/C78H74N2/c1-48(2)75(49(3)4)56-27-40-66-65-39-26-55(44-71(65)77(9,10)72(66)45-56)53-23-34-60(35-24-53)80(58-30-19-51(6)20-31-58)62-37-42-68-67-41-36-61(46-73(67)78(11,12)74(68)47-62)79(57-28-17-50(5)18-29-57)59-32-21-52(22-33-59)54-25-38-64-63-15-13-14-16-69(63)76(7,8)70(64)43-54/h13-49,75H,1-12H3. The molecule has 0 amide bonds. The fraction of sp³-hybridized carbons (Fsp3) is 0.231. The van der Waals surface area contributed by atoms with E-state index in [0.29, 0.717) is 17.8 Å². The van der Waals surface area contributed by atoms with Crippen LogP contribution in [0, 0.1) is 25.7 Å². The van der Waals surface area contributed by atoms with Crippen molar-refractivity contribution < 1.29 is 0 Å². The third-order valence-corrected chi connectivity index (χ3v) is 18.8. The van der Waals surface area contributed by atoms with Crippen LogP contribution >= 0.6 is 0 Å². The summed E-state index contributed by atoms with van der Waals surface area (Å²) in [7, 11) is 0. The van der Waals surface area contributed by atoms with Crippen molar-refractivity contribution in [2.24, 2.45) is 11.8 Å². The second-order valence-electron chi connectivity index (χ2n) is 25.7. The average Bonchev–Trinajstić information content (AvgIpc) is 4.05. The Hall–Kier alpha value is -8.20. The first-order valence-electron chi connectivity index (χ1n) is 29.2. The molecule has 0 fully saturated rings. The van der Waals surface area contributed by atoms with Crippen molar-refractivity contribution in [3.8, 4) is 55.6 Å². The molecular weight excluding hydrogens is 965 g/mol. The van der Waals surface area contributed by atoms with Crippen LogP contribution in [0.3, 0.4) is 0 Å². The lowest BCUT2D eigenvalue weighted by molar-refractivity contribution is 0.387. The predicted molar refractivity (Wildman–Crippen MR) is 341 cm³/mol. The zero-order valence-corrected chi connectivity index (χ0v) is 48.8. The fourth-order valence-corrected chi connectivity index (χ4v) is 14.4. The minimum Gasteiger partial charge on any atom is -0.310 e. The first-order valence-corrected chi connectivity index (χ1v) is 29.2. The van der Waals surface area contributed by atoms with E-state index in [-0.39, 0.29) is 16.2 Å². The molecule has 0 aliphatic heterocycles. The number of hydrogen-bond donors (Lipinski definition) is 0. The Balaban J connectivity index is 0.815. The normalized spacial score (nSPS) is 14.6. The summed E-state index contributed by atoms with van der Waals surface area (Å²) in [6.07, 6.45) is 0. The van der Waals surface area contributed by atoms with Gasteiger partial charge in [-0.1, -0.05) is 208 Å². The van der Waals surface area contributed by atoms with Gasteiger partial charge in [-0.05, 0) is 211 Å². The molecule has 80 heavy (non-hydrogen) atoms. The van der Waals surface area contributed by atoms with Crippen LogP contribution in [-0.2, 0) is 16.2 Å². The highest BCUT2D eigenvalue weighted by Crippen LogP contribution is 2.55. The lowest BCUT2D eigenvalue weighted by Crippen LogP contribution is -2.18. The van der Waals surface area contributed by atoms with Crippen molar-refractivity contribution in [2.45, 2.75) is 105 Å². The molecular formula is C78H74N2. The number of anilines is 6. The van der Waals surface area contributed by atoms with E-state index < -0.39 is 0 Å². The summed E-state index contributed by atoms with van der Waals surface area (Å²) in [5, 5.41) is 0. The second kappa shape index (κ2) is 19.0. The molecule has 0 aromatic heterocycles. The molecule has 0 N–H and O–H groups in total. The van der Waals surface area contributed by atoms with Gasteiger partial charge in [-0.3, -0.25) is 0 Å². The largest absolute Gasteiger partial charge is 0.310 e. The zero-order chi connectivity index (χ0) is 55.6. The molecule has 0 unspecified atom stereocenters. The van der Waals surface area contributed by atoms with Crippen LogP contribution in [0.5, 0.6) is 0 Å². The number of benzene rings is 10. The molecule has 0 atom stereocenters. The molecule has 0 spiro atoms. The van der Waals surface area contributed by atoms with Gasteiger partial charge in [0.05, 0.1) is 0 Å². The van der Waals surface area contributed by atoms with E-state index in [1.165, 1.54) is 106 Å². The summed E-state index contributed by atoms with van der Waals surface area (Å²) in [6, 6.07) is 81.0. The molecule has 13 rings (SSSR count). The Bertz CT molecular complexity index is 4030. The van der Waals surface area contributed by atoms with E-state index >= 15 is 0 Å². The third kappa shape index (κ3) is 8.28. The van der Waals surface area contributed by atoms with Gasteiger partial charge >= 0.3 is 0 Å². The van der Waals surface area contributed by atoms with Gasteiger partial charge in [0, 0.05) is 50.4 Å². The van der Waals surface area contributed by atoms with Gasteiger partial charge in [0.2, 0.25) is 0 Å². The summed E-state index contributed by atoms with van der Waals surface area (Å²) < 4.78 is 0. The van der Waals surface area contributed by atoms with Gasteiger partial charge in [0.25, 0.3) is 0 Å². The SMILES string of the molecule is Cc1ccc(N(c2ccc(-c3ccc4c(c3)C(C)(C)c3ccccc3-4)cc2)c2ccc3c(c2)C(C)(C)c2cc(N(c4ccc(C)cc4)c4ccc(-c5ccc6c(c5)C(C)(C)c5cc(C(C(C)C)C(C)C)ccc5-6)cc4)ccc2-3)cc1. The van der Waals surface area contributed by atoms with E-state index in [1.54, 1.807) is 0 Å². The van der Waals surface area contributed by atoms with Crippen molar-refractivity contribution in [1.82, 2.24) is 0 Å². The summed E-state index contributed by atoms with van der Waals surface area (Å²) in [5.74, 6) is 1.71. The summed E-state index contributed by atoms with van der Waals surface area (Å²) in [4.78, 5) is 4.86. The average molecular weight is 1040 g/mol. The van der Waals surface area contributed by atoms with Crippen LogP contribution in [0.1, 0.15) is 125 Å². The number of hydrogen-bond acceptors (Lipinski definition) is 2. The Morgan fingerprint density at radius 3 is 0.988 bits per heavy atom. The van der Waals surface area contributed by atoms with Gasteiger partial charge in [0.1, 0.15) is 0 Å². The van der Waals surface area contributed by atoms with Crippen LogP contribution < -0.4 is 9.80 Å². The molecule has 0 saturated heterocycles. The highest BCUT2D eigenvalue weighted by atomic mass is 15.1. The number of aryl methyl sites for hydroxylation is 2. The molecule has 396 valence electrons. The van der Waals surface area contributed by atoms with Gasteiger partial charge in [0.15, 0.2) is 0 Å². The lowest BCUT2D eigenvalue weighted by Gasteiger charge is -2.29. The molecule has 0 heterocycles. The topological polar surface area (TPSA) is 6.48 Å². The van der Waals surface area contributed by atoms with Gasteiger partial charge in [-0.15, -0.1) is 0 Å². The van der Waals surface area contributed by atoms with Crippen LogP contribution in [0.25, 0.3) is 55.6 Å². The summed E-state index contributed by atoms with van der Waals surface area (Å²) in [6.45, 7) is 28.2. The van der Waals surface area contributed by atoms with E-state index in [0.717, 1.165) is 34.1 Å². The lowest BCUT2D eigenvalue weighted by atomic mass is 9.76. The Labute approximate surface area is 476 Å². The van der Waals surface area contributed by atoms with E-state index in [9.17, 15) is 0 Å². The smallest absolute Gasteiger partial charge is 0.0465 e. The molecule has 10 aromatic rings. The first kappa shape index (κ1) is 51.3. The maximum atomic E-state index is 2.53. The van der Waals surface area contributed by atoms with Crippen molar-refractivity contribution in [1.29, 1.82) is 0 Å². The van der Waals surface area contributed by atoms with Crippen LogP contribution in [0.15, 0.2) is 212 Å². The molecule has 2 heteroatoms. The van der Waals surface area contributed by atoms with E-state index in [1.807, 2.05) is 0 Å². The Morgan fingerprint density at radius 2 is 0.575 bits per heavy atom. The summed E-state index contributed by atoms with van der Waals surface area (Å²) in [5.41, 5.74) is 31.7. The van der Waals surface area contributed by atoms with Crippen LogP contribution in [-0.4, -0.2) is 0 Å². The van der Waals surface area contributed by atoms with Gasteiger partial charge in [-0.2, -0.15) is 0 Å². The third-order valence-electron chi connectivity index (χ3n) is 18.8. The van der Waals surface area contributed by atoms with Crippen molar-refractivity contribution in [3.05, 3.63) is 262 Å².